The van der Waals surface area contributed by atoms with Gasteiger partial charge >= 0.3 is 0 Å². The third-order valence-electron chi connectivity index (χ3n) is 2.58. The van der Waals surface area contributed by atoms with E-state index in [1.807, 2.05) is 30.5 Å². The first-order chi connectivity index (χ1) is 9.28. The van der Waals surface area contributed by atoms with Crippen molar-refractivity contribution in [1.29, 1.82) is 0 Å². The number of benzene rings is 1. The number of rotatable bonds is 7. The van der Waals surface area contributed by atoms with Crippen molar-refractivity contribution in [2.45, 2.75) is 19.4 Å². The van der Waals surface area contributed by atoms with Crippen LogP contribution in [0, 0.1) is 0 Å². The maximum Gasteiger partial charge on any atom is 0.119 e. The summed E-state index contributed by atoms with van der Waals surface area (Å²) in [7, 11) is 0. The van der Waals surface area contributed by atoms with Gasteiger partial charge in [0, 0.05) is 17.3 Å². The number of hydrogen-bond acceptors (Lipinski definition) is 4. The van der Waals surface area contributed by atoms with Gasteiger partial charge in [-0.15, -0.1) is 5.10 Å². The Morgan fingerprint density at radius 3 is 2.79 bits per heavy atom. The zero-order chi connectivity index (χ0) is 13.5. The molecule has 0 aliphatic heterocycles. The Labute approximate surface area is 120 Å². The van der Waals surface area contributed by atoms with Gasteiger partial charge in [0.1, 0.15) is 12.4 Å². The van der Waals surface area contributed by atoms with E-state index in [9.17, 15) is 0 Å². The van der Waals surface area contributed by atoms with Crippen LogP contribution in [-0.2, 0) is 13.0 Å². The molecule has 0 aliphatic carbocycles. The normalized spacial score (nSPS) is 10.6. The highest BCUT2D eigenvalue weighted by Crippen LogP contribution is 2.15. The largest absolute Gasteiger partial charge is 0.492 e. The molecule has 2 aromatic rings. The second-order valence-corrected chi connectivity index (χ2v) is 5.02. The lowest BCUT2D eigenvalue weighted by molar-refractivity contribution is 0.288. The van der Waals surface area contributed by atoms with Crippen molar-refractivity contribution < 1.29 is 9.84 Å². The van der Waals surface area contributed by atoms with E-state index in [0.29, 0.717) is 19.6 Å². The molecular formula is C13H16BrN3O2. The van der Waals surface area contributed by atoms with Gasteiger partial charge < -0.3 is 9.84 Å². The van der Waals surface area contributed by atoms with E-state index in [4.69, 9.17) is 9.84 Å². The number of ether oxygens (including phenoxy) is 1. The van der Waals surface area contributed by atoms with Crippen molar-refractivity contribution in [1.82, 2.24) is 15.0 Å². The molecule has 1 aromatic heterocycles. The topological polar surface area (TPSA) is 60.2 Å². The lowest BCUT2D eigenvalue weighted by Crippen LogP contribution is -2.08. The zero-order valence-corrected chi connectivity index (χ0v) is 12.1. The Bertz CT molecular complexity index is 499. The molecule has 0 saturated heterocycles. The van der Waals surface area contributed by atoms with Gasteiger partial charge in [-0.1, -0.05) is 21.1 Å². The van der Waals surface area contributed by atoms with Crippen molar-refractivity contribution in [3.63, 3.8) is 0 Å². The van der Waals surface area contributed by atoms with Crippen LogP contribution >= 0.6 is 15.9 Å². The molecule has 0 bridgehead atoms. The Morgan fingerprint density at radius 1 is 1.26 bits per heavy atom. The monoisotopic (exact) mass is 325 g/mol. The second-order valence-electron chi connectivity index (χ2n) is 4.10. The van der Waals surface area contributed by atoms with Gasteiger partial charge in [0.15, 0.2) is 0 Å². The minimum Gasteiger partial charge on any atom is -0.492 e. The molecule has 6 heteroatoms. The molecule has 1 aromatic carbocycles. The van der Waals surface area contributed by atoms with Gasteiger partial charge in [0.2, 0.25) is 0 Å². The van der Waals surface area contributed by atoms with Crippen LogP contribution in [0.3, 0.4) is 0 Å². The number of hydrogen-bond donors (Lipinski definition) is 1. The molecule has 1 N–H and O–H groups in total. The lowest BCUT2D eigenvalue weighted by atomic mass is 10.3. The first-order valence-electron chi connectivity index (χ1n) is 6.16. The molecular weight excluding hydrogens is 310 g/mol. The summed E-state index contributed by atoms with van der Waals surface area (Å²) in [6.07, 6.45) is 3.36. The Balaban J connectivity index is 1.76. The molecule has 5 nitrogen and oxygen atoms in total. The van der Waals surface area contributed by atoms with Crippen LogP contribution in [0.2, 0.25) is 0 Å². The summed E-state index contributed by atoms with van der Waals surface area (Å²) < 4.78 is 8.39. The summed E-state index contributed by atoms with van der Waals surface area (Å²) in [5.41, 5.74) is 0.901. The quantitative estimate of drug-likeness (QED) is 0.846. The van der Waals surface area contributed by atoms with E-state index >= 15 is 0 Å². The van der Waals surface area contributed by atoms with Crippen molar-refractivity contribution in [2.75, 3.05) is 13.2 Å². The number of nitrogens with zero attached hydrogens (tertiary/aromatic N) is 3. The van der Waals surface area contributed by atoms with Crippen LogP contribution in [0.25, 0.3) is 0 Å². The Hall–Kier alpha value is -1.40. The predicted octanol–water partition coefficient (Wildman–Crippen LogP) is 2.04. The molecule has 19 heavy (non-hydrogen) atoms. The van der Waals surface area contributed by atoms with Gasteiger partial charge in [0.05, 0.1) is 12.2 Å². The minimum absolute atomic E-state index is 0.180. The van der Waals surface area contributed by atoms with E-state index in [1.165, 1.54) is 0 Å². The number of aryl methyl sites for hydroxylation is 1. The molecule has 1 heterocycles. The summed E-state index contributed by atoms with van der Waals surface area (Å²) in [5.74, 6) is 0.837. The SMILES string of the molecule is OCCCc1cn(CCOc2ccc(Br)cc2)nn1. The molecule has 0 spiro atoms. The first-order valence-corrected chi connectivity index (χ1v) is 6.95. The predicted molar refractivity (Wildman–Crippen MR) is 75.1 cm³/mol. The molecule has 0 amide bonds. The van der Waals surface area contributed by atoms with Gasteiger partial charge in [-0.05, 0) is 37.1 Å². The first kappa shape index (κ1) is 14.0. The molecule has 102 valence electrons. The summed E-state index contributed by atoms with van der Waals surface area (Å²) in [6, 6.07) is 7.71. The molecule has 0 atom stereocenters. The van der Waals surface area contributed by atoms with Crippen LogP contribution in [0.5, 0.6) is 5.75 Å². The molecule has 0 radical (unpaired) electrons. The van der Waals surface area contributed by atoms with E-state index in [1.54, 1.807) is 4.68 Å². The van der Waals surface area contributed by atoms with E-state index in [-0.39, 0.29) is 6.61 Å². The standard InChI is InChI=1S/C13H16BrN3O2/c14-11-3-5-13(6-4-11)19-9-7-17-10-12(15-16-17)2-1-8-18/h3-6,10,18H,1-2,7-9H2. The fourth-order valence-corrected chi connectivity index (χ4v) is 1.87. The molecule has 0 saturated carbocycles. The van der Waals surface area contributed by atoms with E-state index < -0.39 is 0 Å². The minimum atomic E-state index is 0.180. The smallest absolute Gasteiger partial charge is 0.119 e. The fourth-order valence-electron chi connectivity index (χ4n) is 1.61. The second kappa shape index (κ2) is 7.25. The molecule has 2 rings (SSSR count). The van der Waals surface area contributed by atoms with Crippen molar-refractivity contribution in [3.8, 4) is 5.75 Å². The van der Waals surface area contributed by atoms with Crippen LogP contribution in [0.4, 0.5) is 0 Å². The van der Waals surface area contributed by atoms with E-state index in [0.717, 1.165) is 22.3 Å². The Kier molecular flexibility index (Phi) is 5.35. The Morgan fingerprint density at radius 2 is 2.05 bits per heavy atom. The fraction of sp³-hybridized carbons (Fsp3) is 0.385. The highest BCUT2D eigenvalue weighted by atomic mass is 79.9. The van der Waals surface area contributed by atoms with Crippen LogP contribution in [0.15, 0.2) is 34.9 Å². The summed E-state index contributed by atoms with van der Waals surface area (Å²) >= 11 is 3.38. The van der Waals surface area contributed by atoms with Gasteiger partial charge in [-0.2, -0.15) is 0 Å². The van der Waals surface area contributed by atoms with E-state index in [2.05, 4.69) is 26.2 Å². The average molecular weight is 326 g/mol. The molecule has 0 fully saturated rings. The third-order valence-corrected chi connectivity index (χ3v) is 3.11. The zero-order valence-electron chi connectivity index (χ0n) is 10.5. The van der Waals surface area contributed by atoms with Crippen LogP contribution < -0.4 is 4.74 Å². The molecule has 0 unspecified atom stereocenters. The van der Waals surface area contributed by atoms with Crippen molar-refractivity contribution >= 4 is 15.9 Å². The average Bonchev–Trinajstić information content (AvgIpc) is 2.87. The highest BCUT2D eigenvalue weighted by Gasteiger charge is 2.01. The van der Waals surface area contributed by atoms with Gasteiger partial charge in [-0.3, -0.25) is 0 Å². The summed E-state index contributed by atoms with van der Waals surface area (Å²) in [6.45, 7) is 1.38. The van der Waals surface area contributed by atoms with Gasteiger partial charge in [0.25, 0.3) is 0 Å². The summed E-state index contributed by atoms with van der Waals surface area (Å²) in [4.78, 5) is 0. The van der Waals surface area contributed by atoms with Crippen LogP contribution in [0.1, 0.15) is 12.1 Å². The lowest BCUT2D eigenvalue weighted by Gasteiger charge is -2.05. The summed E-state index contributed by atoms with van der Waals surface area (Å²) in [5, 5.41) is 16.8. The maximum atomic E-state index is 8.74. The highest BCUT2D eigenvalue weighted by molar-refractivity contribution is 9.10. The number of aliphatic hydroxyl groups is 1. The molecule has 0 aliphatic rings. The van der Waals surface area contributed by atoms with Crippen LogP contribution in [-0.4, -0.2) is 33.3 Å². The number of aromatic nitrogens is 3. The maximum absolute atomic E-state index is 8.74. The number of halogens is 1. The van der Waals surface area contributed by atoms with Crippen molar-refractivity contribution in [2.24, 2.45) is 0 Å². The van der Waals surface area contributed by atoms with Crippen molar-refractivity contribution in [3.05, 3.63) is 40.6 Å². The number of aliphatic hydroxyl groups excluding tert-OH is 1. The van der Waals surface area contributed by atoms with Gasteiger partial charge in [-0.25, -0.2) is 4.68 Å². The third kappa shape index (κ3) is 4.65.